The lowest BCUT2D eigenvalue weighted by Crippen LogP contribution is -2.30. The normalized spacial score (nSPS) is 12.5. The summed E-state index contributed by atoms with van der Waals surface area (Å²) in [5, 5.41) is 0. The molecule has 60 heavy (non-hydrogen) atoms. The number of unbranched alkanes of at least 4 members (excludes halogenated alkanes) is 32. The van der Waals surface area contributed by atoms with Crippen molar-refractivity contribution in [2.75, 3.05) is 13.2 Å². The third-order valence-electron chi connectivity index (χ3n) is 12.6. The first-order valence-electron chi connectivity index (χ1n) is 26.8. The van der Waals surface area contributed by atoms with E-state index >= 15 is 0 Å². The summed E-state index contributed by atoms with van der Waals surface area (Å²) in [4.78, 5) is 37.8. The molecule has 0 saturated heterocycles. The molecule has 6 nitrogen and oxygen atoms in total. The molecule has 0 aliphatic heterocycles. The predicted octanol–water partition coefficient (Wildman–Crippen LogP) is 17.3. The van der Waals surface area contributed by atoms with Crippen LogP contribution in [-0.2, 0) is 28.6 Å². The highest BCUT2D eigenvalue weighted by atomic mass is 16.6. The van der Waals surface area contributed by atoms with Gasteiger partial charge in [0.25, 0.3) is 0 Å². The Labute approximate surface area is 374 Å². The van der Waals surface area contributed by atoms with Crippen molar-refractivity contribution >= 4 is 17.9 Å². The molecule has 2 atom stereocenters. The Bertz CT molecular complexity index is 918. The van der Waals surface area contributed by atoms with E-state index in [0.29, 0.717) is 19.3 Å². The Hall–Kier alpha value is -1.59. The second-order valence-corrected chi connectivity index (χ2v) is 19.2. The van der Waals surface area contributed by atoms with Crippen LogP contribution in [0, 0.1) is 11.8 Å². The van der Waals surface area contributed by atoms with E-state index in [0.717, 1.165) is 69.6 Å². The predicted molar refractivity (Wildman–Crippen MR) is 256 cm³/mol. The molecule has 0 amide bonds. The van der Waals surface area contributed by atoms with Gasteiger partial charge >= 0.3 is 17.9 Å². The molecule has 0 N–H and O–H groups in total. The van der Waals surface area contributed by atoms with Gasteiger partial charge in [-0.3, -0.25) is 14.4 Å². The number of hydrogen-bond acceptors (Lipinski definition) is 6. The van der Waals surface area contributed by atoms with Crippen LogP contribution in [0.4, 0.5) is 0 Å². The maximum Gasteiger partial charge on any atom is 0.306 e. The molecule has 0 aliphatic carbocycles. The van der Waals surface area contributed by atoms with E-state index in [1.165, 1.54) is 186 Å². The third kappa shape index (κ3) is 45.9. The van der Waals surface area contributed by atoms with E-state index in [1.807, 2.05) is 0 Å². The minimum absolute atomic E-state index is 0.0640. The Morgan fingerprint density at radius 3 is 0.950 bits per heavy atom. The molecule has 0 bridgehead atoms. The van der Waals surface area contributed by atoms with Crippen LogP contribution in [-0.4, -0.2) is 37.2 Å². The summed E-state index contributed by atoms with van der Waals surface area (Å²) in [5.74, 6) is 0.872. The molecule has 0 aliphatic rings. The van der Waals surface area contributed by atoms with Crippen LogP contribution in [0.25, 0.3) is 0 Å². The molecule has 356 valence electrons. The fourth-order valence-corrected chi connectivity index (χ4v) is 8.13. The molecule has 0 aromatic carbocycles. The average Bonchev–Trinajstić information content (AvgIpc) is 3.23. The van der Waals surface area contributed by atoms with Crippen LogP contribution in [0.1, 0.15) is 298 Å². The monoisotopic (exact) mass is 849 g/mol. The van der Waals surface area contributed by atoms with Gasteiger partial charge in [0.05, 0.1) is 0 Å². The first-order chi connectivity index (χ1) is 29.3. The van der Waals surface area contributed by atoms with Crippen LogP contribution < -0.4 is 0 Å². The molecule has 0 rings (SSSR count). The zero-order chi connectivity index (χ0) is 44.0. The fourth-order valence-electron chi connectivity index (χ4n) is 8.13. The van der Waals surface area contributed by atoms with Gasteiger partial charge < -0.3 is 14.2 Å². The van der Waals surface area contributed by atoms with Gasteiger partial charge in [0.15, 0.2) is 6.10 Å². The highest BCUT2D eigenvalue weighted by Gasteiger charge is 2.19. The van der Waals surface area contributed by atoms with Crippen molar-refractivity contribution in [1.82, 2.24) is 0 Å². The summed E-state index contributed by atoms with van der Waals surface area (Å²) in [6.45, 7) is 11.4. The largest absolute Gasteiger partial charge is 0.462 e. The Balaban J connectivity index is 4.11. The minimum Gasteiger partial charge on any atom is -0.462 e. The van der Waals surface area contributed by atoms with Crippen molar-refractivity contribution in [2.24, 2.45) is 11.8 Å². The zero-order valence-electron chi connectivity index (χ0n) is 41.1. The first-order valence-corrected chi connectivity index (χ1v) is 26.8. The maximum absolute atomic E-state index is 12.7. The van der Waals surface area contributed by atoms with Crippen molar-refractivity contribution in [3.63, 3.8) is 0 Å². The molecular formula is C54H104O6. The number of hydrogen-bond donors (Lipinski definition) is 0. The quantitative estimate of drug-likeness (QED) is 0.0345. The Morgan fingerprint density at radius 2 is 0.633 bits per heavy atom. The summed E-state index contributed by atoms with van der Waals surface area (Å²) in [7, 11) is 0. The number of ether oxygens (including phenoxy) is 3. The van der Waals surface area contributed by atoms with Gasteiger partial charge in [-0.1, -0.05) is 259 Å². The van der Waals surface area contributed by atoms with Crippen LogP contribution in [0.2, 0.25) is 0 Å². The summed E-state index contributed by atoms with van der Waals surface area (Å²) in [6.07, 6.45) is 48.2. The standard InChI is InChI=1S/C54H104O6/c1-6-8-9-10-27-34-39-44-52(55)58-47-51(60-54(57)46-41-36-31-26-22-21-23-28-32-37-42-49(3)4)48-59-53(56)45-40-35-30-25-20-18-16-14-12-11-13-15-17-19-24-29-33-38-43-50(5)7-2/h49-51H,6-48H2,1-5H3/t50?,51-/m1/s1. The van der Waals surface area contributed by atoms with E-state index in [1.54, 1.807) is 0 Å². The van der Waals surface area contributed by atoms with Crippen molar-refractivity contribution in [3.8, 4) is 0 Å². The van der Waals surface area contributed by atoms with E-state index in [9.17, 15) is 14.4 Å². The van der Waals surface area contributed by atoms with Crippen LogP contribution >= 0.6 is 0 Å². The third-order valence-corrected chi connectivity index (χ3v) is 12.6. The summed E-state index contributed by atoms with van der Waals surface area (Å²) in [5.41, 5.74) is 0. The van der Waals surface area contributed by atoms with Gasteiger partial charge in [-0.25, -0.2) is 0 Å². The van der Waals surface area contributed by atoms with Crippen molar-refractivity contribution in [1.29, 1.82) is 0 Å². The number of carbonyl (C=O) groups excluding carboxylic acids is 3. The van der Waals surface area contributed by atoms with Crippen LogP contribution in [0.5, 0.6) is 0 Å². The molecule has 0 spiro atoms. The number of rotatable bonds is 48. The average molecular weight is 849 g/mol. The fraction of sp³-hybridized carbons (Fsp3) is 0.944. The molecular weight excluding hydrogens is 745 g/mol. The maximum atomic E-state index is 12.7. The topological polar surface area (TPSA) is 78.9 Å². The number of esters is 3. The molecule has 0 aromatic rings. The molecule has 6 heteroatoms. The summed E-state index contributed by atoms with van der Waals surface area (Å²) < 4.78 is 16.7. The molecule has 0 radical (unpaired) electrons. The van der Waals surface area contributed by atoms with E-state index in [-0.39, 0.29) is 31.1 Å². The smallest absolute Gasteiger partial charge is 0.306 e. The second kappa shape index (κ2) is 46.9. The first kappa shape index (κ1) is 58.4. The molecule has 0 heterocycles. The highest BCUT2D eigenvalue weighted by molar-refractivity contribution is 5.71. The lowest BCUT2D eigenvalue weighted by atomic mass is 9.99. The lowest BCUT2D eigenvalue weighted by molar-refractivity contribution is -0.167. The van der Waals surface area contributed by atoms with E-state index in [2.05, 4.69) is 34.6 Å². The van der Waals surface area contributed by atoms with Crippen molar-refractivity contribution in [3.05, 3.63) is 0 Å². The van der Waals surface area contributed by atoms with Gasteiger partial charge in [0.2, 0.25) is 0 Å². The highest BCUT2D eigenvalue weighted by Crippen LogP contribution is 2.18. The Kier molecular flexibility index (Phi) is 45.7. The summed E-state index contributed by atoms with van der Waals surface area (Å²) in [6, 6.07) is 0. The second-order valence-electron chi connectivity index (χ2n) is 19.2. The molecule has 1 unspecified atom stereocenters. The van der Waals surface area contributed by atoms with Gasteiger partial charge in [-0.05, 0) is 31.1 Å². The molecule has 0 aromatic heterocycles. The van der Waals surface area contributed by atoms with Gasteiger partial charge in [0, 0.05) is 19.3 Å². The van der Waals surface area contributed by atoms with Crippen molar-refractivity contribution < 1.29 is 28.6 Å². The van der Waals surface area contributed by atoms with Gasteiger partial charge in [-0.2, -0.15) is 0 Å². The SMILES string of the molecule is CCCCCCCCCC(=O)OC[C@H](COC(=O)CCCCCCCCCCCCCCCCCCCCC(C)CC)OC(=O)CCCCCCCCCCCCC(C)C. The van der Waals surface area contributed by atoms with Crippen molar-refractivity contribution in [2.45, 2.75) is 304 Å². The zero-order valence-corrected chi connectivity index (χ0v) is 41.1. The molecule has 0 fully saturated rings. The summed E-state index contributed by atoms with van der Waals surface area (Å²) >= 11 is 0. The van der Waals surface area contributed by atoms with Gasteiger partial charge in [0.1, 0.15) is 13.2 Å². The van der Waals surface area contributed by atoms with E-state index in [4.69, 9.17) is 14.2 Å². The minimum atomic E-state index is -0.760. The van der Waals surface area contributed by atoms with Gasteiger partial charge in [-0.15, -0.1) is 0 Å². The van der Waals surface area contributed by atoms with Crippen LogP contribution in [0.15, 0.2) is 0 Å². The molecule has 0 saturated carbocycles. The number of carbonyl (C=O) groups is 3. The Morgan fingerprint density at radius 1 is 0.350 bits per heavy atom. The van der Waals surface area contributed by atoms with Crippen LogP contribution in [0.3, 0.4) is 0 Å². The lowest BCUT2D eigenvalue weighted by Gasteiger charge is -2.18. The van der Waals surface area contributed by atoms with E-state index < -0.39 is 6.10 Å².